The van der Waals surface area contributed by atoms with Gasteiger partial charge in [0, 0.05) is 48.2 Å². The molecule has 3 heterocycles. The normalized spacial score (nSPS) is 14.9. The van der Waals surface area contributed by atoms with E-state index in [1.807, 2.05) is 49.4 Å². The summed E-state index contributed by atoms with van der Waals surface area (Å²) >= 11 is 0.851. The third kappa shape index (κ3) is 5.70. The molecule has 0 bridgehead atoms. The summed E-state index contributed by atoms with van der Waals surface area (Å²) in [6.07, 6.45) is 5.65. The molecule has 4 aromatic rings. The van der Waals surface area contributed by atoms with Crippen LogP contribution in [0.4, 0.5) is 4.39 Å². The van der Waals surface area contributed by atoms with Crippen molar-refractivity contribution < 1.29 is 18.7 Å². The number of rotatable bonds is 7. The lowest BCUT2D eigenvalue weighted by atomic mass is 9.98. The average Bonchev–Trinajstić information content (AvgIpc) is 3.33. The number of carbonyl (C=O) groups excluding carboxylic acids is 2. The van der Waals surface area contributed by atoms with Gasteiger partial charge in [0.1, 0.15) is 0 Å². The van der Waals surface area contributed by atoms with Gasteiger partial charge < -0.3 is 15.4 Å². The van der Waals surface area contributed by atoms with Crippen molar-refractivity contribution in [2.75, 3.05) is 13.2 Å². The second-order valence-electron chi connectivity index (χ2n) is 9.16. The number of nitrogens with one attached hydrogen (secondary N) is 2. The number of hydrogen-bond acceptors (Lipinski definition) is 5. The molecule has 1 atom stereocenters. The second-order valence-corrected chi connectivity index (χ2v) is 10.2. The number of fused-ring (bicyclic) bond motifs is 1. The molecule has 0 aliphatic carbocycles. The van der Waals surface area contributed by atoms with Crippen LogP contribution in [0.3, 0.4) is 0 Å². The summed E-state index contributed by atoms with van der Waals surface area (Å²) in [5.74, 6) is -0.437. The van der Waals surface area contributed by atoms with E-state index < -0.39 is 5.13 Å². The molecule has 2 aromatic heterocycles. The molecule has 0 spiro atoms. The summed E-state index contributed by atoms with van der Waals surface area (Å²) in [6, 6.07) is 16.3. The van der Waals surface area contributed by atoms with Crippen LogP contribution in [0, 0.1) is 5.13 Å². The first-order valence-electron chi connectivity index (χ1n) is 12.4. The summed E-state index contributed by atoms with van der Waals surface area (Å²) in [7, 11) is 0. The number of ether oxygens (including phenoxy) is 1. The fraction of sp³-hybridized carbons (Fsp3) is 0.276. The Labute approximate surface area is 218 Å². The number of hydrogen-bond donors (Lipinski definition) is 2. The van der Waals surface area contributed by atoms with E-state index in [-0.39, 0.29) is 23.9 Å². The predicted octanol–water partition coefficient (Wildman–Crippen LogP) is 5.89. The lowest BCUT2D eigenvalue weighted by Crippen LogP contribution is -2.38. The summed E-state index contributed by atoms with van der Waals surface area (Å²) in [4.78, 5) is 30.2. The van der Waals surface area contributed by atoms with E-state index in [2.05, 4.69) is 15.6 Å². The number of amides is 2. The van der Waals surface area contributed by atoms with Gasteiger partial charge in [0.05, 0.1) is 10.9 Å². The molecule has 1 aliphatic heterocycles. The second kappa shape index (κ2) is 11.2. The van der Waals surface area contributed by atoms with Gasteiger partial charge in [-0.15, -0.1) is 11.3 Å². The number of nitrogens with zero attached hydrogens (tertiary/aromatic N) is 1. The van der Waals surface area contributed by atoms with Crippen molar-refractivity contribution in [3.8, 4) is 11.1 Å². The van der Waals surface area contributed by atoms with Crippen LogP contribution in [0.5, 0.6) is 0 Å². The van der Waals surface area contributed by atoms with Crippen molar-refractivity contribution in [3.05, 3.63) is 88.1 Å². The Morgan fingerprint density at radius 3 is 2.73 bits per heavy atom. The molecule has 37 heavy (non-hydrogen) atoms. The quantitative estimate of drug-likeness (QED) is 0.320. The van der Waals surface area contributed by atoms with Gasteiger partial charge in [0.2, 0.25) is 0 Å². The van der Waals surface area contributed by atoms with Crippen LogP contribution >= 0.6 is 11.3 Å². The molecule has 1 aliphatic rings. The highest BCUT2D eigenvalue weighted by Gasteiger charge is 2.21. The van der Waals surface area contributed by atoms with E-state index in [4.69, 9.17) is 4.74 Å². The van der Waals surface area contributed by atoms with Crippen LogP contribution < -0.4 is 10.6 Å². The first-order valence-corrected chi connectivity index (χ1v) is 13.3. The number of halogens is 1. The van der Waals surface area contributed by atoms with Crippen LogP contribution in [-0.2, 0) is 4.74 Å². The minimum Gasteiger partial charge on any atom is -0.381 e. The molecule has 190 valence electrons. The Kier molecular flexibility index (Phi) is 7.58. The van der Waals surface area contributed by atoms with Gasteiger partial charge in [-0.05, 0) is 66.1 Å². The maximum atomic E-state index is 15.0. The van der Waals surface area contributed by atoms with Crippen LogP contribution in [0.15, 0.2) is 67.0 Å². The van der Waals surface area contributed by atoms with Crippen molar-refractivity contribution >= 4 is 33.9 Å². The van der Waals surface area contributed by atoms with E-state index in [0.29, 0.717) is 41.2 Å². The molecule has 2 aromatic carbocycles. The van der Waals surface area contributed by atoms with Gasteiger partial charge in [-0.3, -0.25) is 14.6 Å². The fourth-order valence-corrected chi connectivity index (χ4v) is 5.39. The molecular formula is C29H28FN3O3S. The number of pyridine rings is 1. The Bertz CT molecular complexity index is 1430. The van der Waals surface area contributed by atoms with Gasteiger partial charge in [-0.25, -0.2) is 0 Å². The molecule has 2 amide bonds. The lowest BCUT2D eigenvalue weighted by Gasteiger charge is -2.22. The molecule has 8 heteroatoms. The molecular weight excluding hydrogens is 489 g/mol. The molecule has 1 saturated heterocycles. The predicted molar refractivity (Wildman–Crippen MR) is 143 cm³/mol. The molecule has 6 nitrogen and oxygen atoms in total. The Balaban J connectivity index is 1.33. The van der Waals surface area contributed by atoms with Crippen molar-refractivity contribution in [2.24, 2.45) is 0 Å². The zero-order valence-electron chi connectivity index (χ0n) is 20.5. The summed E-state index contributed by atoms with van der Waals surface area (Å²) in [5, 5.41) is 7.60. The standard InChI is InChI=1S/C29H28FN3O3S/c1-2-25(33-28(34)21-6-7-22-17-31-11-8-18(22)14-21)20-5-3-4-19(15-20)24-16-26(37-27(24)30)29(35)32-23-9-12-36-13-10-23/h3-8,11,14-17,23,25H,2,9-10,12-13H2,1H3,(H,32,35)(H,33,34). The van der Waals surface area contributed by atoms with Crippen LogP contribution in [0.1, 0.15) is 57.8 Å². The van der Waals surface area contributed by atoms with Crippen LogP contribution in [0.25, 0.3) is 21.9 Å². The molecule has 1 fully saturated rings. The zero-order valence-corrected chi connectivity index (χ0v) is 21.3. The fourth-order valence-electron chi connectivity index (χ4n) is 4.59. The minimum absolute atomic E-state index is 0.0476. The summed E-state index contributed by atoms with van der Waals surface area (Å²) in [6.45, 7) is 3.23. The third-order valence-electron chi connectivity index (χ3n) is 6.68. The van der Waals surface area contributed by atoms with Crippen molar-refractivity contribution in [1.29, 1.82) is 0 Å². The Morgan fingerprint density at radius 1 is 1.08 bits per heavy atom. The molecule has 1 unspecified atom stereocenters. The first-order chi connectivity index (χ1) is 18.0. The van der Waals surface area contributed by atoms with Crippen LogP contribution in [-0.4, -0.2) is 36.1 Å². The van der Waals surface area contributed by atoms with E-state index in [1.165, 1.54) is 0 Å². The monoisotopic (exact) mass is 517 g/mol. The highest BCUT2D eigenvalue weighted by atomic mass is 32.1. The first kappa shape index (κ1) is 25.0. The van der Waals surface area contributed by atoms with Gasteiger partial charge in [0.25, 0.3) is 11.8 Å². The van der Waals surface area contributed by atoms with Gasteiger partial charge in [-0.1, -0.05) is 31.2 Å². The zero-order chi connectivity index (χ0) is 25.8. The van der Waals surface area contributed by atoms with E-state index >= 15 is 0 Å². The van der Waals surface area contributed by atoms with Crippen molar-refractivity contribution in [3.63, 3.8) is 0 Å². The number of benzene rings is 2. The molecule has 0 radical (unpaired) electrons. The molecule has 2 N–H and O–H groups in total. The molecule has 5 rings (SSSR count). The Hall–Kier alpha value is -3.62. The van der Waals surface area contributed by atoms with Gasteiger partial charge >= 0.3 is 0 Å². The van der Waals surface area contributed by atoms with E-state index in [0.717, 1.165) is 40.5 Å². The Morgan fingerprint density at radius 2 is 1.92 bits per heavy atom. The van der Waals surface area contributed by atoms with Crippen LogP contribution in [0.2, 0.25) is 0 Å². The maximum Gasteiger partial charge on any atom is 0.261 e. The smallest absolute Gasteiger partial charge is 0.261 e. The van der Waals surface area contributed by atoms with E-state index in [1.54, 1.807) is 24.5 Å². The minimum atomic E-state index is -0.406. The topological polar surface area (TPSA) is 80.3 Å². The number of thiophene rings is 1. The lowest BCUT2D eigenvalue weighted by molar-refractivity contribution is 0.0698. The van der Waals surface area contributed by atoms with Gasteiger partial charge in [0.15, 0.2) is 5.13 Å². The van der Waals surface area contributed by atoms with E-state index in [9.17, 15) is 14.0 Å². The summed E-state index contributed by atoms with van der Waals surface area (Å²) < 4.78 is 20.3. The van der Waals surface area contributed by atoms with Crippen molar-refractivity contribution in [1.82, 2.24) is 15.6 Å². The average molecular weight is 518 g/mol. The highest BCUT2D eigenvalue weighted by Crippen LogP contribution is 2.32. The summed E-state index contributed by atoms with van der Waals surface area (Å²) in [5.41, 5.74) is 2.49. The SMILES string of the molecule is CCC(NC(=O)c1ccc2cnccc2c1)c1cccc(-c2cc(C(=O)NC3CCOCC3)sc2F)c1. The van der Waals surface area contributed by atoms with Gasteiger partial charge in [-0.2, -0.15) is 4.39 Å². The highest BCUT2D eigenvalue weighted by molar-refractivity contribution is 7.12. The maximum absolute atomic E-state index is 15.0. The number of carbonyl (C=O) groups is 2. The number of aromatic nitrogens is 1. The molecule has 0 saturated carbocycles. The largest absolute Gasteiger partial charge is 0.381 e. The van der Waals surface area contributed by atoms with Crippen molar-refractivity contribution in [2.45, 2.75) is 38.3 Å². The third-order valence-corrected chi connectivity index (χ3v) is 7.61.